The van der Waals surface area contributed by atoms with Gasteiger partial charge in [0.25, 0.3) is 0 Å². The largest absolute Gasteiger partial charge is 0.506 e. The second-order valence-electron chi connectivity index (χ2n) is 8.89. The van der Waals surface area contributed by atoms with E-state index in [-0.39, 0.29) is 26.8 Å². The maximum Gasteiger partial charge on any atom is 0.217 e. The molecule has 0 aliphatic heterocycles. The number of para-hydroxylation sites is 1. The van der Waals surface area contributed by atoms with Crippen LogP contribution in [-0.2, 0) is 21.1 Å². The summed E-state index contributed by atoms with van der Waals surface area (Å²) in [5, 5.41) is 15.7. The summed E-state index contributed by atoms with van der Waals surface area (Å²) in [4.78, 5) is 9.25. The Morgan fingerprint density at radius 1 is 0.811 bits per heavy atom. The van der Waals surface area contributed by atoms with Gasteiger partial charge in [-0.3, -0.25) is 0 Å². The second-order valence-corrected chi connectivity index (χ2v) is 8.89. The van der Waals surface area contributed by atoms with Crippen molar-refractivity contribution < 1.29 is 30.9 Å². The van der Waals surface area contributed by atoms with E-state index in [4.69, 9.17) is 4.74 Å². The van der Waals surface area contributed by atoms with Crippen molar-refractivity contribution in [2.24, 2.45) is 0 Å². The predicted octanol–water partition coefficient (Wildman–Crippen LogP) is 7.48. The summed E-state index contributed by atoms with van der Waals surface area (Å²) in [6, 6.07) is 33.1. The first-order chi connectivity index (χ1) is 17.7. The first kappa shape index (κ1) is 23.2. The minimum atomic E-state index is 0. The van der Waals surface area contributed by atoms with E-state index in [1.165, 1.54) is 0 Å². The molecular formula is C31H20N3O2Pt-. The van der Waals surface area contributed by atoms with Crippen molar-refractivity contribution in [1.82, 2.24) is 14.5 Å². The van der Waals surface area contributed by atoms with E-state index in [2.05, 4.69) is 45.7 Å². The van der Waals surface area contributed by atoms with E-state index in [9.17, 15) is 5.11 Å². The molecule has 0 spiro atoms. The zero-order valence-corrected chi connectivity index (χ0v) is 22.0. The predicted molar refractivity (Wildman–Crippen MR) is 143 cm³/mol. The number of fused-ring (bicyclic) bond motifs is 6. The molecule has 0 aliphatic carbocycles. The van der Waals surface area contributed by atoms with Crippen LogP contribution in [-0.4, -0.2) is 19.6 Å². The molecule has 182 valence electrons. The third-order valence-electron chi connectivity index (χ3n) is 6.56. The van der Waals surface area contributed by atoms with Crippen molar-refractivity contribution in [2.75, 3.05) is 0 Å². The van der Waals surface area contributed by atoms with Gasteiger partial charge in [-0.25, -0.2) is 9.97 Å². The molecule has 0 unspecified atom stereocenters. The molecule has 7 rings (SSSR count). The van der Waals surface area contributed by atoms with Gasteiger partial charge in [0.05, 0.1) is 0 Å². The van der Waals surface area contributed by atoms with Crippen LogP contribution in [0, 0.1) is 13.0 Å². The van der Waals surface area contributed by atoms with Crippen LogP contribution in [0.15, 0.2) is 97.2 Å². The molecule has 4 aromatic carbocycles. The molecule has 3 aromatic heterocycles. The summed E-state index contributed by atoms with van der Waals surface area (Å²) in [5.41, 5.74) is 3.57. The summed E-state index contributed by atoms with van der Waals surface area (Å²) in [6.45, 7) is 2.06. The number of aryl methyl sites for hydroxylation is 1. The third kappa shape index (κ3) is 3.83. The first-order valence-corrected chi connectivity index (χ1v) is 11.7. The fourth-order valence-electron chi connectivity index (χ4n) is 4.92. The zero-order chi connectivity index (χ0) is 24.2. The fraction of sp³-hybridized carbons (Fsp3) is 0.0323. The number of hydrogen-bond donors (Lipinski definition) is 1. The zero-order valence-electron chi connectivity index (χ0n) is 19.8. The smallest absolute Gasteiger partial charge is 0.217 e. The van der Waals surface area contributed by atoms with Gasteiger partial charge in [-0.05, 0) is 59.0 Å². The van der Waals surface area contributed by atoms with Crippen LogP contribution in [0.5, 0.6) is 17.4 Å². The van der Waals surface area contributed by atoms with E-state index >= 15 is 0 Å². The Morgan fingerprint density at radius 2 is 1.59 bits per heavy atom. The monoisotopic (exact) mass is 661 g/mol. The SMILES string of the molecule is Cc1ccnc(-n2c3[c-]c(Oc4ccc5c(n4)c(O)cc4ccccc45)ccc3c3ccccc32)c1.[Pt]. The average molecular weight is 662 g/mol. The number of nitrogens with zero attached hydrogens (tertiary/aromatic N) is 3. The second kappa shape index (κ2) is 9.02. The molecule has 37 heavy (non-hydrogen) atoms. The summed E-state index contributed by atoms with van der Waals surface area (Å²) in [7, 11) is 0. The normalized spacial score (nSPS) is 11.3. The Hall–Kier alpha value is -4.21. The quantitative estimate of drug-likeness (QED) is 0.158. The van der Waals surface area contributed by atoms with E-state index in [0.717, 1.165) is 49.3 Å². The molecule has 5 nitrogen and oxygen atoms in total. The maximum absolute atomic E-state index is 10.6. The number of phenolic OH excluding ortho intramolecular Hbond substituents is 1. The Balaban J connectivity index is 0.00000252. The molecule has 0 aliphatic rings. The van der Waals surface area contributed by atoms with Crippen molar-refractivity contribution in [3.05, 3.63) is 109 Å². The summed E-state index contributed by atoms with van der Waals surface area (Å²) < 4.78 is 8.27. The maximum atomic E-state index is 10.6. The van der Waals surface area contributed by atoms with Gasteiger partial charge in [0.15, 0.2) is 0 Å². The number of ether oxygens (including phenoxy) is 1. The Labute approximate surface area is 227 Å². The summed E-state index contributed by atoms with van der Waals surface area (Å²) in [6.07, 6.45) is 1.82. The van der Waals surface area contributed by atoms with E-state index < -0.39 is 0 Å². The van der Waals surface area contributed by atoms with Gasteiger partial charge in [-0.2, -0.15) is 6.07 Å². The van der Waals surface area contributed by atoms with Crippen molar-refractivity contribution in [1.29, 1.82) is 0 Å². The van der Waals surface area contributed by atoms with Crippen LogP contribution in [0.4, 0.5) is 0 Å². The molecule has 0 bridgehead atoms. The Bertz CT molecular complexity index is 1960. The van der Waals surface area contributed by atoms with Crippen LogP contribution in [0.1, 0.15) is 5.56 Å². The molecule has 3 heterocycles. The number of hydrogen-bond acceptors (Lipinski definition) is 4. The molecule has 0 fully saturated rings. The standard InChI is InChI=1S/C31H20N3O2.Pt/c1-19-14-15-32-29(16-19)34-26-9-5-4-8-23(26)24-11-10-21(18-27(24)34)36-30-13-12-25-22-7-3-2-6-20(22)17-28(35)31(25)33-30;/h2-17,35H,1H3;/q-1;. The van der Waals surface area contributed by atoms with Crippen LogP contribution in [0.2, 0.25) is 0 Å². The first-order valence-electron chi connectivity index (χ1n) is 11.7. The topological polar surface area (TPSA) is 60.2 Å². The average Bonchev–Trinajstić information content (AvgIpc) is 3.22. The van der Waals surface area contributed by atoms with Gasteiger partial charge in [-0.15, -0.1) is 17.5 Å². The van der Waals surface area contributed by atoms with Crippen LogP contribution < -0.4 is 4.74 Å². The molecule has 7 aromatic rings. The Morgan fingerprint density at radius 3 is 2.46 bits per heavy atom. The molecule has 0 radical (unpaired) electrons. The number of aromatic nitrogens is 3. The Kier molecular flexibility index (Phi) is 5.66. The van der Waals surface area contributed by atoms with Gasteiger partial charge in [-0.1, -0.05) is 48.0 Å². The van der Waals surface area contributed by atoms with Gasteiger partial charge >= 0.3 is 0 Å². The molecule has 0 atom stereocenters. The fourth-order valence-corrected chi connectivity index (χ4v) is 4.92. The molecule has 6 heteroatoms. The van der Waals surface area contributed by atoms with Crippen molar-refractivity contribution in [2.45, 2.75) is 6.92 Å². The molecule has 0 amide bonds. The molecule has 0 saturated heterocycles. The van der Waals surface area contributed by atoms with E-state index in [1.54, 1.807) is 6.07 Å². The molecular weight excluding hydrogens is 641 g/mol. The summed E-state index contributed by atoms with van der Waals surface area (Å²) >= 11 is 0. The van der Waals surface area contributed by atoms with Gasteiger partial charge < -0.3 is 14.4 Å². The van der Waals surface area contributed by atoms with Crippen LogP contribution in [0.25, 0.3) is 49.3 Å². The number of pyridine rings is 2. The van der Waals surface area contributed by atoms with Crippen LogP contribution in [0.3, 0.4) is 0 Å². The van der Waals surface area contributed by atoms with Gasteiger partial charge in [0, 0.05) is 50.0 Å². The van der Waals surface area contributed by atoms with E-state index in [1.807, 2.05) is 72.9 Å². The number of benzene rings is 4. The van der Waals surface area contributed by atoms with Crippen molar-refractivity contribution >= 4 is 43.5 Å². The minimum Gasteiger partial charge on any atom is -0.506 e. The number of rotatable bonds is 3. The van der Waals surface area contributed by atoms with Crippen molar-refractivity contribution in [3.63, 3.8) is 0 Å². The molecule has 1 N–H and O–H groups in total. The minimum absolute atomic E-state index is 0. The third-order valence-corrected chi connectivity index (χ3v) is 6.56. The number of phenols is 1. The van der Waals surface area contributed by atoms with Gasteiger partial charge in [0.2, 0.25) is 5.88 Å². The van der Waals surface area contributed by atoms with Crippen LogP contribution >= 0.6 is 0 Å². The van der Waals surface area contributed by atoms with Crippen molar-refractivity contribution in [3.8, 4) is 23.2 Å². The molecule has 0 saturated carbocycles. The van der Waals surface area contributed by atoms with Gasteiger partial charge in [0.1, 0.15) is 17.1 Å². The number of aromatic hydroxyl groups is 1. The summed E-state index contributed by atoms with van der Waals surface area (Å²) in [5.74, 6) is 1.88. The van der Waals surface area contributed by atoms with E-state index in [0.29, 0.717) is 17.1 Å².